The maximum absolute atomic E-state index is 13.7. The van der Waals surface area contributed by atoms with Crippen LogP contribution in [0.1, 0.15) is 46.3 Å². The number of para-hydroxylation sites is 1. The summed E-state index contributed by atoms with van der Waals surface area (Å²) in [4.78, 5) is 21.1. The van der Waals surface area contributed by atoms with Crippen molar-refractivity contribution in [2.75, 3.05) is 6.54 Å². The maximum atomic E-state index is 13.7. The predicted molar refractivity (Wildman–Crippen MR) is 120 cm³/mol. The number of aryl methyl sites for hydroxylation is 1. The van der Waals surface area contributed by atoms with Crippen LogP contribution in [-0.4, -0.2) is 48.8 Å². The van der Waals surface area contributed by atoms with Crippen LogP contribution < -0.4 is 4.74 Å². The van der Waals surface area contributed by atoms with E-state index >= 15 is 0 Å². The number of hydrogen-bond acceptors (Lipinski definition) is 7. The first kappa shape index (κ1) is 23.5. The number of benzene rings is 2. The van der Waals surface area contributed by atoms with E-state index in [0.29, 0.717) is 30.6 Å². The number of halogens is 3. The lowest BCUT2D eigenvalue weighted by atomic mass is 10.0. The van der Waals surface area contributed by atoms with Crippen LogP contribution in [0.4, 0.5) is 13.2 Å². The molecule has 0 bridgehead atoms. The summed E-state index contributed by atoms with van der Waals surface area (Å²) in [6.45, 7) is 4.29. The number of nitrogens with zero attached hydrogens (tertiary/aromatic N) is 6. The smallest absolute Gasteiger partial charge is 0.405 e. The zero-order chi connectivity index (χ0) is 25.4. The van der Waals surface area contributed by atoms with E-state index < -0.39 is 18.2 Å². The zero-order valence-corrected chi connectivity index (χ0v) is 19.4. The van der Waals surface area contributed by atoms with Crippen LogP contribution in [0.2, 0.25) is 0 Å². The Morgan fingerprint density at radius 2 is 1.86 bits per heavy atom. The van der Waals surface area contributed by atoms with Gasteiger partial charge in [-0.2, -0.15) is 20.0 Å². The van der Waals surface area contributed by atoms with Crippen molar-refractivity contribution in [1.82, 2.24) is 30.0 Å². The molecule has 0 saturated carbocycles. The molecule has 0 spiro atoms. The molecule has 2 aromatic heterocycles. The van der Waals surface area contributed by atoms with E-state index in [0.717, 1.165) is 11.1 Å². The fourth-order valence-corrected chi connectivity index (χ4v) is 4.33. The summed E-state index contributed by atoms with van der Waals surface area (Å²) in [5.74, 6) is -0.617. The average Bonchev–Trinajstić information content (AvgIpc) is 3.60. The predicted octanol–water partition coefficient (Wildman–Crippen LogP) is 4.81. The van der Waals surface area contributed by atoms with E-state index in [2.05, 4.69) is 25.1 Å². The van der Waals surface area contributed by atoms with Gasteiger partial charge in [-0.15, -0.1) is 13.2 Å². The SMILES string of the molecule is Cc1ccc(C(=O)N2CCCC2c2nc(-c3ccccc3OC(F)(F)F)no2)c(-n2nccn2)c1C. The second-order valence-electron chi connectivity index (χ2n) is 8.38. The molecule has 0 radical (unpaired) electrons. The van der Waals surface area contributed by atoms with Crippen molar-refractivity contribution < 1.29 is 27.2 Å². The van der Waals surface area contributed by atoms with Gasteiger partial charge in [0.1, 0.15) is 17.5 Å². The minimum Gasteiger partial charge on any atom is -0.405 e. The normalized spacial score (nSPS) is 15.9. The molecule has 1 aliphatic heterocycles. The highest BCUT2D eigenvalue weighted by atomic mass is 19.4. The van der Waals surface area contributed by atoms with Crippen molar-refractivity contribution in [1.29, 1.82) is 0 Å². The number of rotatable bonds is 5. The summed E-state index contributed by atoms with van der Waals surface area (Å²) < 4.78 is 48.0. The first-order valence-electron chi connectivity index (χ1n) is 11.2. The number of likely N-dealkylation sites (tertiary alicyclic amines) is 1. The monoisotopic (exact) mass is 498 g/mol. The average molecular weight is 498 g/mol. The molecule has 3 heterocycles. The first-order chi connectivity index (χ1) is 17.2. The molecule has 1 fully saturated rings. The fourth-order valence-electron chi connectivity index (χ4n) is 4.33. The van der Waals surface area contributed by atoms with E-state index in [9.17, 15) is 18.0 Å². The number of hydrogen-bond donors (Lipinski definition) is 0. The van der Waals surface area contributed by atoms with Crippen molar-refractivity contribution in [3.8, 4) is 22.8 Å². The molecule has 9 nitrogen and oxygen atoms in total. The highest BCUT2D eigenvalue weighted by Gasteiger charge is 2.37. The summed E-state index contributed by atoms with van der Waals surface area (Å²) in [5.41, 5.74) is 2.89. The molecule has 1 unspecified atom stereocenters. The number of carbonyl (C=O) groups is 1. The highest BCUT2D eigenvalue weighted by Crippen LogP contribution is 2.37. The molecule has 1 aliphatic rings. The number of carbonyl (C=O) groups excluding carboxylic acids is 1. The summed E-state index contributed by atoms with van der Waals surface area (Å²) in [6.07, 6.45) is -0.537. The Bertz CT molecular complexity index is 1400. The van der Waals surface area contributed by atoms with Crippen molar-refractivity contribution >= 4 is 5.91 Å². The number of amides is 1. The summed E-state index contributed by atoms with van der Waals surface area (Å²) in [6, 6.07) is 8.62. The lowest BCUT2D eigenvalue weighted by Crippen LogP contribution is -2.32. The lowest BCUT2D eigenvalue weighted by Gasteiger charge is -2.24. The topological polar surface area (TPSA) is 99.2 Å². The van der Waals surface area contributed by atoms with Crippen LogP contribution >= 0.6 is 0 Å². The van der Waals surface area contributed by atoms with Gasteiger partial charge in [0, 0.05) is 6.54 Å². The first-order valence-corrected chi connectivity index (χ1v) is 11.2. The molecule has 0 aliphatic carbocycles. The van der Waals surface area contributed by atoms with Crippen LogP contribution in [0.3, 0.4) is 0 Å². The third kappa shape index (κ3) is 4.41. The van der Waals surface area contributed by atoms with Crippen LogP contribution in [-0.2, 0) is 0 Å². The van der Waals surface area contributed by atoms with Crippen molar-refractivity contribution in [3.63, 3.8) is 0 Å². The molecule has 186 valence electrons. The van der Waals surface area contributed by atoms with E-state index in [1.54, 1.807) is 17.0 Å². The van der Waals surface area contributed by atoms with Crippen molar-refractivity contribution in [2.24, 2.45) is 0 Å². The molecular formula is C24H21F3N6O3. The fraction of sp³-hybridized carbons (Fsp3) is 0.292. The van der Waals surface area contributed by atoms with Gasteiger partial charge in [0.25, 0.3) is 5.91 Å². The van der Waals surface area contributed by atoms with E-state index in [1.807, 2.05) is 19.9 Å². The van der Waals surface area contributed by atoms with Gasteiger partial charge in [-0.1, -0.05) is 23.4 Å². The maximum Gasteiger partial charge on any atom is 0.573 e. The van der Waals surface area contributed by atoms with E-state index in [-0.39, 0.29) is 23.2 Å². The van der Waals surface area contributed by atoms with Crippen LogP contribution in [0.5, 0.6) is 5.75 Å². The van der Waals surface area contributed by atoms with Gasteiger partial charge in [-0.25, -0.2) is 0 Å². The Morgan fingerprint density at radius 3 is 2.61 bits per heavy atom. The third-order valence-electron chi connectivity index (χ3n) is 6.15. The quantitative estimate of drug-likeness (QED) is 0.389. The van der Waals surface area contributed by atoms with Crippen molar-refractivity contribution in [2.45, 2.75) is 39.1 Å². The zero-order valence-electron chi connectivity index (χ0n) is 19.4. The van der Waals surface area contributed by atoms with E-state index in [1.165, 1.54) is 35.4 Å². The largest absolute Gasteiger partial charge is 0.573 e. The van der Waals surface area contributed by atoms with Crippen LogP contribution in [0.15, 0.2) is 53.3 Å². The number of ether oxygens (including phenoxy) is 1. The second-order valence-corrected chi connectivity index (χ2v) is 8.38. The molecule has 5 rings (SSSR count). The Balaban J connectivity index is 1.47. The van der Waals surface area contributed by atoms with Crippen LogP contribution in [0, 0.1) is 13.8 Å². The van der Waals surface area contributed by atoms with Gasteiger partial charge in [-0.3, -0.25) is 4.79 Å². The standard InChI is InChI=1S/C24H21F3N6O3/c1-14-9-10-17(20(15(14)2)33-28-11-12-29-33)23(34)32-13-5-7-18(32)22-30-21(31-36-22)16-6-3-4-8-19(16)35-24(25,26)27/h3-4,6,8-12,18H,5,7,13H2,1-2H3. The minimum absolute atomic E-state index is 0.0295. The Labute approximate surface area is 203 Å². The van der Waals surface area contributed by atoms with Gasteiger partial charge < -0.3 is 14.2 Å². The van der Waals surface area contributed by atoms with Gasteiger partial charge in [0.15, 0.2) is 0 Å². The molecule has 1 atom stereocenters. The molecule has 12 heteroatoms. The third-order valence-corrected chi connectivity index (χ3v) is 6.15. The highest BCUT2D eigenvalue weighted by molar-refractivity contribution is 5.98. The van der Waals surface area contributed by atoms with Gasteiger partial charge in [0.2, 0.25) is 11.7 Å². The van der Waals surface area contributed by atoms with E-state index in [4.69, 9.17) is 4.52 Å². The minimum atomic E-state index is -4.87. The second kappa shape index (κ2) is 9.10. The summed E-state index contributed by atoms with van der Waals surface area (Å²) in [5, 5.41) is 12.3. The number of alkyl halides is 3. The molecule has 4 aromatic rings. The van der Waals surface area contributed by atoms with Crippen LogP contribution in [0.25, 0.3) is 17.1 Å². The van der Waals surface area contributed by atoms with Gasteiger partial charge in [-0.05, 0) is 56.0 Å². The lowest BCUT2D eigenvalue weighted by molar-refractivity contribution is -0.274. The number of aromatic nitrogens is 5. The molecule has 1 saturated heterocycles. The molecule has 36 heavy (non-hydrogen) atoms. The Hall–Kier alpha value is -4.22. The molecule has 0 N–H and O–H groups in total. The van der Waals surface area contributed by atoms with Crippen molar-refractivity contribution in [3.05, 3.63) is 71.4 Å². The van der Waals surface area contributed by atoms with Gasteiger partial charge in [0.05, 0.1) is 23.5 Å². The summed E-state index contributed by atoms with van der Waals surface area (Å²) in [7, 11) is 0. The van der Waals surface area contributed by atoms with Gasteiger partial charge >= 0.3 is 6.36 Å². The molecule has 1 amide bonds. The summed E-state index contributed by atoms with van der Waals surface area (Å²) >= 11 is 0. The Morgan fingerprint density at radius 1 is 1.11 bits per heavy atom. The molecule has 2 aromatic carbocycles. The molecular weight excluding hydrogens is 477 g/mol. The Kier molecular flexibility index (Phi) is 5.94.